The molecule has 1 unspecified atom stereocenters. The number of ether oxygens (including phenoxy) is 1. The Labute approximate surface area is 96.3 Å². The zero-order valence-corrected chi connectivity index (χ0v) is 9.73. The van der Waals surface area contributed by atoms with Gasteiger partial charge in [-0.15, -0.1) is 0 Å². The van der Waals surface area contributed by atoms with E-state index in [-0.39, 0.29) is 6.42 Å². The molecular formula is C13H17NO2. The zero-order chi connectivity index (χ0) is 12.0. The number of aliphatic hydroxyl groups excluding tert-OH is 1. The van der Waals surface area contributed by atoms with Crippen molar-refractivity contribution in [2.45, 2.75) is 32.8 Å². The first-order valence-corrected chi connectivity index (χ1v) is 5.38. The summed E-state index contributed by atoms with van der Waals surface area (Å²) in [4.78, 5) is 0. The molecule has 86 valence electrons. The Bertz CT molecular complexity index is 382. The van der Waals surface area contributed by atoms with E-state index in [1.807, 2.05) is 32.0 Å². The van der Waals surface area contributed by atoms with E-state index in [4.69, 9.17) is 10.00 Å². The Hall–Kier alpha value is -1.53. The molecule has 0 fully saturated rings. The molecule has 0 aliphatic rings. The summed E-state index contributed by atoms with van der Waals surface area (Å²) in [5, 5.41) is 17.7. The normalized spacial score (nSPS) is 11.9. The van der Waals surface area contributed by atoms with Gasteiger partial charge in [-0.25, -0.2) is 0 Å². The van der Waals surface area contributed by atoms with Crippen molar-refractivity contribution in [3.05, 3.63) is 29.3 Å². The molecule has 1 rings (SSSR count). The molecule has 16 heavy (non-hydrogen) atoms. The first kappa shape index (κ1) is 12.5. The predicted molar refractivity (Wildman–Crippen MR) is 62.3 cm³/mol. The van der Waals surface area contributed by atoms with Crippen molar-refractivity contribution in [3.63, 3.8) is 0 Å². The maximum Gasteiger partial charge on any atom is 0.122 e. The van der Waals surface area contributed by atoms with Crippen LogP contribution in [0, 0.1) is 25.2 Å². The van der Waals surface area contributed by atoms with E-state index in [0.717, 1.165) is 11.3 Å². The molecule has 0 aliphatic carbocycles. The number of hydrogen-bond donors (Lipinski definition) is 1. The lowest BCUT2D eigenvalue weighted by atomic mass is 10.1. The van der Waals surface area contributed by atoms with Gasteiger partial charge < -0.3 is 9.84 Å². The van der Waals surface area contributed by atoms with Crippen molar-refractivity contribution in [3.8, 4) is 11.8 Å². The fourth-order valence-electron chi connectivity index (χ4n) is 1.47. The lowest BCUT2D eigenvalue weighted by Gasteiger charge is -2.11. The highest BCUT2D eigenvalue weighted by molar-refractivity contribution is 5.35. The lowest BCUT2D eigenvalue weighted by molar-refractivity contribution is 0.143. The summed E-state index contributed by atoms with van der Waals surface area (Å²) in [6, 6.07) is 7.91. The number of hydrogen-bond acceptors (Lipinski definition) is 3. The van der Waals surface area contributed by atoms with Crippen LogP contribution < -0.4 is 4.74 Å². The Balaban J connectivity index is 2.41. The second-order valence-corrected chi connectivity index (χ2v) is 3.92. The van der Waals surface area contributed by atoms with Gasteiger partial charge in [0.15, 0.2) is 0 Å². The van der Waals surface area contributed by atoms with Crippen LogP contribution in [-0.2, 0) is 0 Å². The fourth-order valence-corrected chi connectivity index (χ4v) is 1.47. The van der Waals surface area contributed by atoms with Crippen LogP contribution in [0.2, 0.25) is 0 Å². The van der Waals surface area contributed by atoms with Crippen LogP contribution in [0.25, 0.3) is 0 Å². The SMILES string of the molecule is Cc1ccc(OCCC(O)CC#N)c(C)c1. The van der Waals surface area contributed by atoms with E-state index >= 15 is 0 Å². The molecule has 3 nitrogen and oxygen atoms in total. The van der Waals surface area contributed by atoms with Crippen LogP contribution in [0.1, 0.15) is 24.0 Å². The number of rotatable bonds is 5. The smallest absolute Gasteiger partial charge is 0.122 e. The van der Waals surface area contributed by atoms with Crippen molar-refractivity contribution in [2.24, 2.45) is 0 Å². The average molecular weight is 219 g/mol. The summed E-state index contributed by atoms with van der Waals surface area (Å²) >= 11 is 0. The molecular weight excluding hydrogens is 202 g/mol. The van der Waals surface area contributed by atoms with Crippen molar-refractivity contribution in [1.29, 1.82) is 5.26 Å². The summed E-state index contributed by atoms with van der Waals surface area (Å²) in [5.41, 5.74) is 2.30. The third-order valence-electron chi connectivity index (χ3n) is 2.37. The highest BCUT2D eigenvalue weighted by atomic mass is 16.5. The zero-order valence-electron chi connectivity index (χ0n) is 9.73. The standard InChI is InChI=1S/C13H17NO2/c1-10-3-4-13(11(2)9-10)16-8-6-12(15)5-7-14/h3-4,9,12,15H,5-6,8H2,1-2H3. The first-order chi connectivity index (χ1) is 7.63. The molecule has 3 heteroatoms. The second kappa shape index (κ2) is 6.14. The molecule has 1 aromatic carbocycles. The minimum absolute atomic E-state index is 0.163. The van der Waals surface area contributed by atoms with Crippen LogP contribution in [0.4, 0.5) is 0 Å². The number of nitriles is 1. The van der Waals surface area contributed by atoms with Crippen LogP contribution in [-0.4, -0.2) is 17.8 Å². The number of benzene rings is 1. The van der Waals surface area contributed by atoms with Crippen LogP contribution in [0.15, 0.2) is 18.2 Å². The largest absolute Gasteiger partial charge is 0.493 e. The quantitative estimate of drug-likeness (QED) is 0.827. The maximum atomic E-state index is 9.34. The Morgan fingerprint density at radius 1 is 1.44 bits per heavy atom. The molecule has 0 bridgehead atoms. The maximum absolute atomic E-state index is 9.34. The lowest BCUT2D eigenvalue weighted by Crippen LogP contribution is -2.11. The van der Waals surface area contributed by atoms with Gasteiger partial charge in [-0.05, 0) is 25.5 Å². The van der Waals surface area contributed by atoms with Crippen molar-refractivity contribution in [2.75, 3.05) is 6.61 Å². The molecule has 1 atom stereocenters. The number of aliphatic hydroxyl groups is 1. The van der Waals surface area contributed by atoms with E-state index in [2.05, 4.69) is 6.07 Å². The van der Waals surface area contributed by atoms with Gasteiger partial charge in [0.1, 0.15) is 5.75 Å². The van der Waals surface area contributed by atoms with Crippen molar-refractivity contribution < 1.29 is 9.84 Å². The highest BCUT2D eigenvalue weighted by Crippen LogP contribution is 2.18. The van der Waals surface area contributed by atoms with Crippen molar-refractivity contribution >= 4 is 0 Å². The average Bonchev–Trinajstić information content (AvgIpc) is 2.22. The summed E-state index contributed by atoms with van der Waals surface area (Å²) < 4.78 is 5.54. The topological polar surface area (TPSA) is 53.2 Å². The van der Waals surface area contributed by atoms with Gasteiger partial charge in [-0.2, -0.15) is 5.26 Å². The monoisotopic (exact) mass is 219 g/mol. The second-order valence-electron chi connectivity index (χ2n) is 3.92. The van der Waals surface area contributed by atoms with Gasteiger partial charge in [0.25, 0.3) is 0 Å². The minimum Gasteiger partial charge on any atom is -0.493 e. The molecule has 0 saturated carbocycles. The molecule has 0 spiro atoms. The summed E-state index contributed by atoms with van der Waals surface area (Å²) in [6.45, 7) is 4.47. The molecule has 0 saturated heterocycles. The van der Waals surface area contributed by atoms with Gasteiger partial charge in [0, 0.05) is 6.42 Å². The third-order valence-corrected chi connectivity index (χ3v) is 2.37. The molecule has 0 amide bonds. The van der Waals surface area contributed by atoms with Gasteiger partial charge >= 0.3 is 0 Å². The minimum atomic E-state index is -0.587. The third kappa shape index (κ3) is 3.92. The summed E-state index contributed by atoms with van der Waals surface area (Å²) in [7, 11) is 0. The Morgan fingerprint density at radius 3 is 2.81 bits per heavy atom. The van der Waals surface area contributed by atoms with Crippen LogP contribution in [0.3, 0.4) is 0 Å². The van der Waals surface area contributed by atoms with E-state index in [1.165, 1.54) is 5.56 Å². The molecule has 0 aliphatic heterocycles. The first-order valence-electron chi connectivity index (χ1n) is 5.38. The highest BCUT2D eigenvalue weighted by Gasteiger charge is 2.04. The summed E-state index contributed by atoms with van der Waals surface area (Å²) in [6.07, 6.45) is 0.0627. The van der Waals surface area contributed by atoms with Crippen molar-refractivity contribution in [1.82, 2.24) is 0 Å². The molecule has 0 heterocycles. The van der Waals surface area contributed by atoms with Crippen LogP contribution >= 0.6 is 0 Å². The van der Waals surface area contributed by atoms with E-state index in [1.54, 1.807) is 0 Å². The molecule has 0 aromatic heterocycles. The van der Waals surface area contributed by atoms with Crippen LogP contribution in [0.5, 0.6) is 5.75 Å². The van der Waals surface area contributed by atoms with Gasteiger partial charge in [0.2, 0.25) is 0 Å². The van der Waals surface area contributed by atoms with Gasteiger partial charge in [0.05, 0.1) is 25.2 Å². The number of aryl methyl sites for hydroxylation is 2. The van der Waals surface area contributed by atoms with Gasteiger partial charge in [-0.1, -0.05) is 17.7 Å². The summed E-state index contributed by atoms with van der Waals surface area (Å²) in [5.74, 6) is 0.842. The van der Waals surface area contributed by atoms with E-state index in [0.29, 0.717) is 13.0 Å². The predicted octanol–water partition coefficient (Wildman–Crippen LogP) is 2.35. The van der Waals surface area contributed by atoms with E-state index < -0.39 is 6.10 Å². The number of nitrogens with zero attached hydrogens (tertiary/aromatic N) is 1. The molecule has 1 aromatic rings. The molecule has 0 radical (unpaired) electrons. The molecule has 1 N–H and O–H groups in total. The Kier molecular flexibility index (Phi) is 4.81. The van der Waals surface area contributed by atoms with Gasteiger partial charge in [-0.3, -0.25) is 0 Å². The van der Waals surface area contributed by atoms with E-state index in [9.17, 15) is 5.11 Å². The Morgan fingerprint density at radius 2 is 2.19 bits per heavy atom. The fraction of sp³-hybridized carbons (Fsp3) is 0.462.